The number of aromatic nitrogens is 2. The number of halogens is 1. The lowest BCUT2D eigenvalue weighted by molar-refractivity contribution is 0.0921. The van der Waals surface area contributed by atoms with E-state index in [9.17, 15) is 9.18 Å². The molecule has 4 heteroatoms. The van der Waals surface area contributed by atoms with Gasteiger partial charge in [0.05, 0.1) is 0 Å². The summed E-state index contributed by atoms with van der Waals surface area (Å²) in [4.78, 5) is 13.6. The van der Waals surface area contributed by atoms with Crippen molar-refractivity contribution in [3.63, 3.8) is 0 Å². The number of carbonyl (C=O) groups excluding carboxylic acids is 1. The molecule has 11 heavy (non-hydrogen) atoms. The molecule has 1 heterocycles. The summed E-state index contributed by atoms with van der Waals surface area (Å²) in [5.74, 6) is -0.370. The molecule has 0 N–H and O–H groups in total. The Morgan fingerprint density at radius 2 is 2.18 bits per heavy atom. The molecule has 0 radical (unpaired) electrons. The van der Waals surface area contributed by atoms with Gasteiger partial charge in [-0.3, -0.25) is 4.79 Å². The van der Waals surface area contributed by atoms with E-state index < -0.39 is 6.08 Å². The highest BCUT2D eigenvalue weighted by Gasteiger charge is 2.02. The van der Waals surface area contributed by atoms with Crippen molar-refractivity contribution in [1.82, 2.24) is 9.55 Å². The third kappa shape index (κ3) is 2.49. The van der Waals surface area contributed by atoms with Crippen LogP contribution in [0.2, 0.25) is 0 Å². The second-order valence-electron chi connectivity index (χ2n) is 1.59. The predicted molar refractivity (Wildman–Crippen MR) is 39.8 cm³/mol. The highest BCUT2D eigenvalue weighted by atomic mass is 19.1. The molecular formula is C7H11FN2O. The molecule has 0 spiro atoms. The minimum atomic E-state index is -0.762. The van der Waals surface area contributed by atoms with Crippen molar-refractivity contribution >= 4 is 5.91 Å². The van der Waals surface area contributed by atoms with Gasteiger partial charge in [-0.05, 0) is 0 Å². The van der Waals surface area contributed by atoms with E-state index in [4.69, 9.17) is 0 Å². The Balaban J connectivity index is 0.000000461. The van der Waals surface area contributed by atoms with Gasteiger partial charge >= 0.3 is 0 Å². The van der Waals surface area contributed by atoms with Crippen LogP contribution in [0.15, 0.2) is 12.4 Å². The zero-order valence-corrected chi connectivity index (χ0v) is 6.84. The topological polar surface area (TPSA) is 34.9 Å². The monoisotopic (exact) mass is 158 g/mol. The van der Waals surface area contributed by atoms with Crippen molar-refractivity contribution < 1.29 is 9.18 Å². The Bertz CT molecular complexity index is 232. The average Bonchev–Trinajstić information content (AvgIpc) is 2.39. The summed E-state index contributed by atoms with van der Waals surface area (Å²) in [7, 11) is 0. The van der Waals surface area contributed by atoms with Crippen molar-refractivity contribution in [3.05, 3.63) is 18.5 Å². The van der Waals surface area contributed by atoms with Crippen LogP contribution in [0.3, 0.4) is 0 Å². The largest absolute Gasteiger partial charge is 0.295 e. The maximum atomic E-state index is 12.2. The lowest BCUT2D eigenvalue weighted by atomic mass is 10.7. The first-order chi connectivity index (χ1) is 5.22. The van der Waals surface area contributed by atoms with Crippen LogP contribution in [0.1, 0.15) is 25.6 Å². The SMILES string of the molecule is CC.CC(=O)n1ccnc1F. The number of carbonyl (C=O) groups is 1. The summed E-state index contributed by atoms with van der Waals surface area (Å²) >= 11 is 0. The molecular weight excluding hydrogens is 147 g/mol. The normalized spacial score (nSPS) is 8.36. The fourth-order valence-corrected chi connectivity index (χ4v) is 0.520. The van der Waals surface area contributed by atoms with E-state index >= 15 is 0 Å². The van der Waals surface area contributed by atoms with E-state index in [2.05, 4.69) is 4.98 Å². The van der Waals surface area contributed by atoms with E-state index in [1.807, 2.05) is 13.8 Å². The fraction of sp³-hybridized carbons (Fsp3) is 0.429. The van der Waals surface area contributed by atoms with Crippen LogP contribution < -0.4 is 0 Å². The van der Waals surface area contributed by atoms with Crippen molar-refractivity contribution in [2.45, 2.75) is 20.8 Å². The molecule has 3 nitrogen and oxygen atoms in total. The van der Waals surface area contributed by atoms with Crippen LogP contribution >= 0.6 is 0 Å². The van der Waals surface area contributed by atoms with E-state index in [1.54, 1.807) is 0 Å². The zero-order valence-electron chi connectivity index (χ0n) is 6.84. The Hall–Kier alpha value is -1.19. The maximum Gasteiger partial charge on any atom is 0.295 e. The van der Waals surface area contributed by atoms with Crippen LogP contribution in [0.5, 0.6) is 0 Å². The highest BCUT2D eigenvalue weighted by Crippen LogP contribution is 1.92. The Labute approximate surface area is 64.9 Å². The second kappa shape index (κ2) is 4.60. The van der Waals surface area contributed by atoms with Crippen molar-refractivity contribution in [1.29, 1.82) is 0 Å². The second-order valence-corrected chi connectivity index (χ2v) is 1.59. The van der Waals surface area contributed by atoms with Crippen molar-refractivity contribution in [2.24, 2.45) is 0 Å². The molecule has 0 fully saturated rings. The molecule has 0 amide bonds. The predicted octanol–water partition coefficient (Wildman–Crippen LogP) is 1.71. The van der Waals surface area contributed by atoms with E-state index in [1.165, 1.54) is 19.3 Å². The van der Waals surface area contributed by atoms with Gasteiger partial charge in [0.15, 0.2) is 0 Å². The quantitative estimate of drug-likeness (QED) is 0.576. The van der Waals surface area contributed by atoms with Gasteiger partial charge in [0, 0.05) is 19.3 Å². The molecule has 0 aliphatic rings. The smallest absolute Gasteiger partial charge is 0.274 e. The van der Waals surface area contributed by atoms with Gasteiger partial charge < -0.3 is 0 Å². The Kier molecular flexibility index (Phi) is 4.10. The summed E-state index contributed by atoms with van der Waals surface area (Å²) in [6, 6.07) is 0. The maximum absolute atomic E-state index is 12.2. The van der Waals surface area contributed by atoms with Gasteiger partial charge in [-0.25, -0.2) is 9.55 Å². The highest BCUT2D eigenvalue weighted by molar-refractivity contribution is 5.75. The van der Waals surface area contributed by atoms with Gasteiger partial charge in [0.25, 0.3) is 6.08 Å². The molecule has 0 saturated heterocycles. The van der Waals surface area contributed by atoms with E-state index in [-0.39, 0.29) is 5.91 Å². The van der Waals surface area contributed by atoms with Crippen LogP contribution in [0.4, 0.5) is 4.39 Å². The molecule has 0 saturated carbocycles. The number of rotatable bonds is 0. The molecule has 62 valence electrons. The summed E-state index contributed by atoms with van der Waals surface area (Å²) in [5, 5.41) is 0. The molecule has 1 rings (SSSR count). The summed E-state index contributed by atoms with van der Waals surface area (Å²) in [6.07, 6.45) is 1.75. The molecule has 0 bridgehead atoms. The first kappa shape index (κ1) is 9.81. The van der Waals surface area contributed by atoms with Crippen molar-refractivity contribution in [2.75, 3.05) is 0 Å². The first-order valence-corrected chi connectivity index (χ1v) is 3.41. The molecule has 0 aliphatic heterocycles. The average molecular weight is 158 g/mol. The summed E-state index contributed by atoms with van der Waals surface area (Å²) in [5.41, 5.74) is 0. The minimum Gasteiger partial charge on any atom is -0.274 e. The third-order valence-electron chi connectivity index (χ3n) is 0.935. The molecule has 1 aromatic heterocycles. The van der Waals surface area contributed by atoms with Gasteiger partial charge in [-0.1, -0.05) is 13.8 Å². The van der Waals surface area contributed by atoms with Gasteiger partial charge in [0.2, 0.25) is 5.91 Å². The lowest BCUT2D eigenvalue weighted by Gasteiger charge is -1.90. The molecule has 0 atom stereocenters. The number of nitrogens with zero attached hydrogens (tertiary/aromatic N) is 2. The van der Waals surface area contributed by atoms with Gasteiger partial charge in [-0.15, -0.1) is 0 Å². The third-order valence-corrected chi connectivity index (χ3v) is 0.935. The van der Waals surface area contributed by atoms with Gasteiger partial charge in [0.1, 0.15) is 0 Å². The molecule has 0 unspecified atom stereocenters. The minimum absolute atomic E-state index is 0.370. The van der Waals surface area contributed by atoms with Crippen LogP contribution in [-0.2, 0) is 0 Å². The van der Waals surface area contributed by atoms with Crippen LogP contribution in [-0.4, -0.2) is 15.5 Å². The Morgan fingerprint density at radius 3 is 2.36 bits per heavy atom. The number of imidazole rings is 1. The fourth-order valence-electron chi connectivity index (χ4n) is 0.520. The van der Waals surface area contributed by atoms with Crippen LogP contribution in [0.25, 0.3) is 0 Å². The summed E-state index contributed by atoms with van der Waals surface area (Å²) in [6.45, 7) is 5.27. The van der Waals surface area contributed by atoms with Crippen LogP contribution in [0, 0.1) is 6.08 Å². The van der Waals surface area contributed by atoms with E-state index in [0.29, 0.717) is 0 Å². The Morgan fingerprint density at radius 1 is 1.64 bits per heavy atom. The molecule has 0 aromatic carbocycles. The lowest BCUT2D eigenvalue weighted by Crippen LogP contribution is -2.06. The standard InChI is InChI=1S/C5H5FN2O.C2H6/c1-4(9)8-3-2-7-5(8)6;1-2/h2-3H,1H3;1-2H3. The summed E-state index contributed by atoms with van der Waals surface area (Å²) < 4.78 is 13.1. The zero-order chi connectivity index (χ0) is 8.85. The van der Waals surface area contributed by atoms with Crippen molar-refractivity contribution in [3.8, 4) is 0 Å². The van der Waals surface area contributed by atoms with E-state index in [0.717, 1.165) is 4.57 Å². The first-order valence-electron chi connectivity index (χ1n) is 3.41. The molecule has 1 aromatic rings. The molecule has 0 aliphatic carbocycles. The number of hydrogen-bond acceptors (Lipinski definition) is 2. The van der Waals surface area contributed by atoms with Gasteiger partial charge in [-0.2, -0.15) is 4.39 Å². The number of hydrogen-bond donors (Lipinski definition) is 0.